The van der Waals surface area contributed by atoms with Gasteiger partial charge in [0.15, 0.2) is 0 Å². The molecule has 0 spiro atoms. The van der Waals surface area contributed by atoms with Crippen LogP contribution in [0, 0.1) is 0 Å². The number of amides is 2. The molecule has 27 heavy (non-hydrogen) atoms. The maximum Gasteiger partial charge on any atom is 0.251 e. The molecule has 1 unspecified atom stereocenters. The smallest absolute Gasteiger partial charge is 0.251 e. The Morgan fingerprint density at radius 1 is 1.07 bits per heavy atom. The van der Waals surface area contributed by atoms with Crippen LogP contribution in [0.25, 0.3) is 0 Å². The summed E-state index contributed by atoms with van der Waals surface area (Å²) in [6.45, 7) is 3.31. The molecule has 0 radical (unpaired) electrons. The number of likely N-dealkylation sites (tertiary alicyclic amines) is 1. The zero-order valence-electron chi connectivity index (χ0n) is 15.6. The maximum atomic E-state index is 12.6. The molecular formula is C22H26N2O3. The molecule has 3 rings (SSSR count). The van der Waals surface area contributed by atoms with Crippen molar-refractivity contribution in [3.63, 3.8) is 0 Å². The van der Waals surface area contributed by atoms with Crippen molar-refractivity contribution in [2.24, 2.45) is 0 Å². The molecule has 0 aromatic heterocycles. The Morgan fingerprint density at radius 2 is 1.70 bits per heavy atom. The van der Waals surface area contributed by atoms with Crippen LogP contribution in [0.5, 0.6) is 5.75 Å². The number of hydrogen-bond acceptors (Lipinski definition) is 3. The van der Waals surface area contributed by atoms with Crippen LogP contribution in [0.2, 0.25) is 0 Å². The lowest BCUT2D eigenvalue weighted by atomic mass is 9.89. The van der Waals surface area contributed by atoms with Gasteiger partial charge in [-0.05, 0) is 55.5 Å². The normalized spacial score (nSPS) is 16.0. The fourth-order valence-electron chi connectivity index (χ4n) is 3.55. The highest BCUT2D eigenvalue weighted by molar-refractivity contribution is 5.94. The van der Waals surface area contributed by atoms with Gasteiger partial charge in [0.2, 0.25) is 5.91 Å². The molecule has 2 N–H and O–H groups in total. The first-order valence-electron chi connectivity index (χ1n) is 9.45. The summed E-state index contributed by atoms with van der Waals surface area (Å²) in [5.41, 5.74) is 1.81. The van der Waals surface area contributed by atoms with Gasteiger partial charge < -0.3 is 15.3 Å². The molecule has 1 atom stereocenters. The third kappa shape index (κ3) is 5.09. The summed E-state index contributed by atoms with van der Waals surface area (Å²) in [4.78, 5) is 26.6. The van der Waals surface area contributed by atoms with Crippen molar-refractivity contribution in [1.82, 2.24) is 10.2 Å². The van der Waals surface area contributed by atoms with Crippen LogP contribution in [-0.2, 0) is 4.79 Å². The van der Waals surface area contributed by atoms with E-state index >= 15 is 0 Å². The van der Waals surface area contributed by atoms with Crippen molar-refractivity contribution in [2.75, 3.05) is 13.1 Å². The average molecular weight is 366 g/mol. The van der Waals surface area contributed by atoms with Crippen LogP contribution in [-0.4, -0.2) is 41.0 Å². The number of carbonyl (C=O) groups excluding carboxylic acids is 2. The topological polar surface area (TPSA) is 69.6 Å². The number of benzene rings is 2. The highest BCUT2D eigenvalue weighted by atomic mass is 16.3. The Labute approximate surface area is 160 Å². The molecule has 1 fully saturated rings. The van der Waals surface area contributed by atoms with Gasteiger partial charge in [-0.2, -0.15) is 0 Å². The van der Waals surface area contributed by atoms with Gasteiger partial charge >= 0.3 is 0 Å². The van der Waals surface area contributed by atoms with Gasteiger partial charge in [-0.15, -0.1) is 0 Å². The van der Waals surface area contributed by atoms with Gasteiger partial charge in [0.25, 0.3) is 5.91 Å². The zero-order valence-corrected chi connectivity index (χ0v) is 15.6. The Kier molecular flexibility index (Phi) is 6.12. The SMILES string of the molecule is CC(CC(=O)N1CCC(c2ccc(O)cc2)CC1)NC(=O)c1ccccc1. The Morgan fingerprint density at radius 3 is 2.33 bits per heavy atom. The number of phenolic OH excluding ortho intramolecular Hbond substituents is 1. The first-order valence-corrected chi connectivity index (χ1v) is 9.45. The standard InChI is InChI=1S/C22H26N2O3/c1-16(23-22(27)19-5-3-2-4-6-19)15-21(26)24-13-11-18(12-14-24)17-7-9-20(25)10-8-17/h2-10,16,18,25H,11-15H2,1H3,(H,23,27). The minimum Gasteiger partial charge on any atom is -0.508 e. The van der Waals surface area contributed by atoms with Gasteiger partial charge in [-0.3, -0.25) is 9.59 Å². The third-order valence-electron chi connectivity index (χ3n) is 5.11. The number of piperidine rings is 1. The van der Waals surface area contributed by atoms with Crippen molar-refractivity contribution in [3.05, 3.63) is 65.7 Å². The van der Waals surface area contributed by atoms with Crippen molar-refractivity contribution < 1.29 is 14.7 Å². The number of aromatic hydroxyl groups is 1. The van der Waals surface area contributed by atoms with E-state index in [9.17, 15) is 14.7 Å². The second-order valence-corrected chi connectivity index (χ2v) is 7.19. The molecule has 142 valence electrons. The summed E-state index contributed by atoms with van der Waals surface area (Å²) < 4.78 is 0. The number of phenols is 1. The van der Waals surface area contributed by atoms with Crippen molar-refractivity contribution in [3.8, 4) is 5.75 Å². The summed E-state index contributed by atoms with van der Waals surface area (Å²) in [5, 5.41) is 12.3. The summed E-state index contributed by atoms with van der Waals surface area (Å²) in [6.07, 6.45) is 2.14. The van der Waals surface area contributed by atoms with Crippen LogP contribution in [0.15, 0.2) is 54.6 Å². The lowest BCUT2D eigenvalue weighted by Crippen LogP contribution is -2.42. The number of hydrogen-bond donors (Lipinski definition) is 2. The van der Waals surface area contributed by atoms with E-state index in [1.165, 1.54) is 5.56 Å². The maximum absolute atomic E-state index is 12.6. The van der Waals surface area contributed by atoms with Crippen LogP contribution in [0.4, 0.5) is 0 Å². The minimum atomic E-state index is -0.208. The van der Waals surface area contributed by atoms with Crippen molar-refractivity contribution >= 4 is 11.8 Å². The molecule has 1 aliphatic heterocycles. The van der Waals surface area contributed by atoms with Gasteiger partial charge in [0.1, 0.15) is 5.75 Å². The molecule has 2 amide bonds. The summed E-state index contributed by atoms with van der Waals surface area (Å²) in [6, 6.07) is 16.2. The number of nitrogens with zero attached hydrogens (tertiary/aromatic N) is 1. The molecule has 1 aliphatic rings. The lowest BCUT2D eigenvalue weighted by molar-refractivity contribution is -0.132. The second-order valence-electron chi connectivity index (χ2n) is 7.19. The van der Waals surface area contributed by atoms with Gasteiger partial charge in [0, 0.05) is 31.1 Å². The number of rotatable bonds is 5. The molecule has 2 aromatic rings. The van der Waals surface area contributed by atoms with Crippen LogP contribution in [0.3, 0.4) is 0 Å². The second kappa shape index (κ2) is 8.71. The first-order chi connectivity index (χ1) is 13.0. The molecule has 0 saturated carbocycles. The highest BCUT2D eigenvalue weighted by Crippen LogP contribution is 2.29. The molecular weight excluding hydrogens is 340 g/mol. The average Bonchev–Trinajstić information content (AvgIpc) is 2.69. The van der Waals surface area contributed by atoms with E-state index in [1.54, 1.807) is 24.3 Å². The summed E-state index contributed by atoms with van der Waals surface area (Å²) >= 11 is 0. The predicted octanol–water partition coefficient (Wildman–Crippen LogP) is 3.31. The monoisotopic (exact) mass is 366 g/mol. The van der Waals surface area contributed by atoms with E-state index in [1.807, 2.05) is 42.2 Å². The molecule has 0 bridgehead atoms. The quantitative estimate of drug-likeness (QED) is 0.853. The van der Waals surface area contributed by atoms with E-state index in [4.69, 9.17) is 0 Å². The van der Waals surface area contributed by atoms with E-state index in [-0.39, 0.29) is 23.6 Å². The Bertz CT molecular complexity index is 766. The molecule has 5 nitrogen and oxygen atoms in total. The molecule has 5 heteroatoms. The fourth-order valence-corrected chi connectivity index (χ4v) is 3.55. The van der Waals surface area contributed by atoms with Crippen LogP contribution in [0.1, 0.15) is 48.0 Å². The number of nitrogens with one attached hydrogen (secondary N) is 1. The molecule has 2 aromatic carbocycles. The molecule has 0 aliphatic carbocycles. The number of carbonyl (C=O) groups is 2. The van der Waals surface area contributed by atoms with Crippen LogP contribution >= 0.6 is 0 Å². The highest BCUT2D eigenvalue weighted by Gasteiger charge is 2.25. The summed E-state index contributed by atoms with van der Waals surface area (Å²) in [7, 11) is 0. The zero-order chi connectivity index (χ0) is 19.2. The van der Waals surface area contributed by atoms with Gasteiger partial charge in [-0.1, -0.05) is 30.3 Å². The fraction of sp³-hybridized carbons (Fsp3) is 0.364. The van der Waals surface area contributed by atoms with E-state index in [0.717, 1.165) is 25.9 Å². The van der Waals surface area contributed by atoms with Gasteiger partial charge in [-0.25, -0.2) is 0 Å². The third-order valence-corrected chi connectivity index (χ3v) is 5.11. The summed E-state index contributed by atoms with van der Waals surface area (Å²) in [5.74, 6) is 0.629. The van der Waals surface area contributed by atoms with Gasteiger partial charge in [0.05, 0.1) is 0 Å². The van der Waals surface area contributed by atoms with Crippen LogP contribution < -0.4 is 5.32 Å². The Balaban J connectivity index is 1.46. The van der Waals surface area contributed by atoms with Crippen molar-refractivity contribution in [1.29, 1.82) is 0 Å². The minimum absolute atomic E-state index is 0.0833. The largest absolute Gasteiger partial charge is 0.508 e. The molecule has 1 heterocycles. The van der Waals surface area contributed by atoms with E-state index in [0.29, 0.717) is 17.9 Å². The van der Waals surface area contributed by atoms with E-state index < -0.39 is 0 Å². The van der Waals surface area contributed by atoms with Crippen molar-refractivity contribution in [2.45, 2.75) is 38.1 Å². The predicted molar refractivity (Wildman–Crippen MR) is 105 cm³/mol. The Hall–Kier alpha value is -2.82. The van der Waals surface area contributed by atoms with E-state index in [2.05, 4.69) is 5.32 Å². The first kappa shape index (κ1) is 19.0. The molecule has 1 saturated heterocycles. The lowest BCUT2D eigenvalue weighted by Gasteiger charge is -2.33.